The number of hydrogen-bond acceptors (Lipinski definition) is 4. The summed E-state index contributed by atoms with van der Waals surface area (Å²) in [5.41, 5.74) is 1.61. The molecule has 43 heavy (non-hydrogen) atoms. The molecule has 1 N–H and O–H groups in total. The van der Waals surface area contributed by atoms with Crippen LogP contribution in [-0.2, 0) is 13.6 Å². The second-order valence-electron chi connectivity index (χ2n) is 14.4. The number of rotatable bonds is 16. The molecule has 4 nitrogen and oxygen atoms in total. The Morgan fingerprint density at radius 2 is 1.35 bits per heavy atom. The fourth-order valence-corrected chi connectivity index (χ4v) is 17.7. The van der Waals surface area contributed by atoms with Gasteiger partial charge in [-0.15, -0.1) is 0 Å². The molecule has 0 bridgehead atoms. The summed E-state index contributed by atoms with van der Waals surface area (Å²) in [5.74, 6) is 1.06. The molecule has 1 aliphatic heterocycles. The summed E-state index contributed by atoms with van der Waals surface area (Å²) in [6, 6.07) is 21.8. The van der Waals surface area contributed by atoms with E-state index in [0.29, 0.717) is 23.2 Å². The molecule has 3 rings (SSSR count). The summed E-state index contributed by atoms with van der Waals surface area (Å²) in [6.45, 7) is 22.1. The van der Waals surface area contributed by atoms with E-state index in [1.807, 2.05) is 0 Å². The molecule has 6 heteroatoms. The second kappa shape index (κ2) is 16.0. The van der Waals surface area contributed by atoms with E-state index in [1.54, 1.807) is 0 Å². The first-order chi connectivity index (χ1) is 20.4. The van der Waals surface area contributed by atoms with Gasteiger partial charge in [-0.3, -0.25) is 0 Å². The van der Waals surface area contributed by atoms with Gasteiger partial charge in [0.15, 0.2) is 0 Å². The van der Waals surface area contributed by atoms with Gasteiger partial charge in [0.2, 0.25) is 8.32 Å². The van der Waals surface area contributed by atoms with Crippen molar-refractivity contribution in [2.24, 2.45) is 0 Å². The Labute approximate surface area is 265 Å². The zero-order valence-electron chi connectivity index (χ0n) is 28.6. The molecule has 0 fully saturated rings. The Morgan fingerprint density at radius 3 is 1.81 bits per heavy atom. The van der Waals surface area contributed by atoms with Crippen molar-refractivity contribution in [3.05, 3.63) is 72.5 Å². The van der Waals surface area contributed by atoms with E-state index < -0.39 is 16.6 Å². The highest BCUT2D eigenvalue weighted by atomic mass is 28.4. The van der Waals surface area contributed by atoms with Gasteiger partial charge in [-0.1, -0.05) is 129 Å². The second-order valence-corrected chi connectivity index (χ2v) is 24.1. The summed E-state index contributed by atoms with van der Waals surface area (Å²) in [7, 11) is -4.65. The lowest BCUT2D eigenvalue weighted by molar-refractivity contribution is 0.0281. The molecular weight excluding hydrogens is 565 g/mol. The van der Waals surface area contributed by atoms with Crippen molar-refractivity contribution in [1.29, 1.82) is 0 Å². The van der Waals surface area contributed by atoms with Gasteiger partial charge in [0, 0.05) is 32.5 Å². The third-order valence-corrected chi connectivity index (χ3v) is 20.7. The first kappa shape index (κ1) is 35.8. The summed E-state index contributed by atoms with van der Waals surface area (Å²) in [4.78, 5) is 0. The topological polar surface area (TPSA) is 47.9 Å². The van der Waals surface area contributed by atoms with Crippen molar-refractivity contribution in [3.8, 4) is 0 Å². The first-order valence-electron chi connectivity index (χ1n) is 16.8. The zero-order chi connectivity index (χ0) is 31.7. The minimum absolute atomic E-state index is 0.0520. The Balaban J connectivity index is 1.87. The van der Waals surface area contributed by atoms with Crippen molar-refractivity contribution in [2.75, 3.05) is 13.2 Å². The van der Waals surface area contributed by atoms with Gasteiger partial charge in [-0.05, 0) is 51.0 Å². The van der Waals surface area contributed by atoms with Gasteiger partial charge in [0.25, 0.3) is 8.32 Å². The Bertz CT molecular complexity index is 1050. The summed E-state index contributed by atoms with van der Waals surface area (Å²) in [5, 5.41) is 11.9. The summed E-state index contributed by atoms with van der Waals surface area (Å²) >= 11 is 0. The highest BCUT2D eigenvalue weighted by Crippen LogP contribution is 2.44. The van der Waals surface area contributed by atoms with E-state index in [4.69, 9.17) is 13.6 Å². The minimum atomic E-state index is -2.60. The third kappa shape index (κ3) is 8.52. The van der Waals surface area contributed by atoms with Gasteiger partial charge >= 0.3 is 0 Å². The van der Waals surface area contributed by atoms with E-state index in [1.165, 1.54) is 10.4 Å². The molecule has 0 saturated heterocycles. The van der Waals surface area contributed by atoms with Crippen LogP contribution in [0.3, 0.4) is 0 Å². The van der Waals surface area contributed by atoms with Crippen LogP contribution in [0.25, 0.3) is 0 Å². The maximum atomic E-state index is 9.28. The largest absolute Gasteiger partial charge is 0.495 e. The monoisotopic (exact) mass is 624 g/mol. The minimum Gasteiger partial charge on any atom is -0.495 e. The zero-order valence-corrected chi connectivity index (χ0v) is 30.6. The lowest BCUT2D eigenvalue weighted by Gasteiger charge is -2.46. The Kier molecular flexibility index (Phi) is 13.3. The van der Waals surface area contributed by atoms with Crippen LogP contribution >= 0.6 is 0 Å². The molecule has 0 aliphatic carbocycles. The predicted molar refractivity (Wildman–Crippen MR) is 187 cm³/mol. The van der Waals surface area contributed by atoms with E-state index in [2.05, 4.69) is 129 Å². The molecule has 240 valence electrons. The molecule has 2 aromatic carbocycles. The number of hydrogen-bond donors (Lipinski definition) is 1. The number of unbranched alkanes of at least 4 members (excludes halogenated alkanes) is 2. The fourth-order valence-electron chi connectivity index (χ4n) is 7.60. The van der Waals surface area contributed by atoms with E-state index in [9.17, 15) is 5.11 Å². The highest BCUT2D eigenvalue weighted by Gasteiger charge is 2.50. The van der Waals surface area contributed by atoms with Crippen LogP contribution in [0, 0.1) is 0 Å². The van der Waals surface area contributed by atoms with Crippen LogP contribution in [0.15, 0.2) is 72.5 Å². The van der Waals surface area contributed by atoms with E-state index in [0.717, 1.165) is 44.3 Å². The third-order valence-electron chi connectivity index (χ3n) is 9.50. The Hall–Kier alpha value is -1.71. The summed E-state index contributed by atoms with van der Waals surface area (Å²) in [6.07, 6.45) is 7.87. The van der Waals surface area contributed by atoms with Crippen molar-refractivity contribution in [3.63, 3.8) is 0 Å². The maximum Gasteiger partial charge on any atom is 0.261 e. The van der Waals surface area contributed by atoms with Gasteiger partial charge < -0.3 is 18.7 Å². The van der Waals surface area contributed by atoms with Gasteiger partial charge in [-0.2, -0.15) is 0 Å². The molecule has 0 amide bonds. The molecule has 0 saturated carbocycles. The van der Waals surface area contributed by atoms with Crippen LogP contribution in [0.2, 0.25) is 21.7 Å². The van der Waals surface area contributed by atoms with Crippen molar-refractivity contribution in [1.82, 2.24) is 0 Å². The number of aliphatic hydroxyl groups is 1. The SMILES string of the molecule is CC(C)[Si](O[C@H]1C=C(CCCCCO)O[C@H](CCO[Si](c2ccccc2)(c2ccccc2)C(C)(C)C)C1)(C(C)C)C(C)C. The molecule has 2 atom stereocenters. The van der Waals surface area contributed by atoms with Gasteiger partial charge in [-0.25, -0.2) is 0 Å². The van der Waals surface area contributed by atoms with Crippen LogP contribution in [0.1, 0.15) is 101 Å². The molecule has 1 aliphatic rings. The average molecular weight is 625 g/mol. The number of ether oxygens (including phenoxy) is 1. The number of allylic oxidation sites excluding steroid dienone is 1. The van der Waals surface area contributed by atoms with E-state index in [-0.39, 0.29) is 23.9 Å². The van der Waals surface area contributed by atoms with Crippen LogP contribution in [0.5, 0.6) is 0 Å². The number of aliphatic hydroxyl groups excluding tert-OH is 1. The van der Waals surface area contributed by atoms with Crippen LogP contribution in [0.4, 0.5) is 0 Å². The molecule has 0 aromatic heterocycles. The smallest absolute Gasteiger partial charge is 0.261 e. The molecule has 0 radical (unpaired) electrons. The lowest BCUT2D eigenvalue weighted by atomic mass is 10.0. The summed E-state index contributed by atoms with van der Waals surface area (Å²) < 4.78 is 21.2. The van der Waals surface area contributed by atoms with E-state index >= 15 is 0 Å². The predicted octanol–water partition coefficient (Wildman–Crippen LogP) is 8.74. The van der Waals surface area contributed by atoms with Crippen molar-refractivity contribution >= 4 is 27.0 Å². The molecule has 0 spiro atoms. The highest BCUT2D eigenvalue weighted by molar-refractivity contribution is 6.99. The fraction of sp³-hybridized carbons (Fsp3) is 0.622. The Morgan fingerprint density at radius 1 is 0.814 bits per heavy atom. The first-order valence-corrected chi connectivity index (χ1v) is 20.8. The van der Waals surface area contributed by atoms with Crippen LogP contribution < -0.4 is 10.4 Å². The van der Waals surface area contributed by atoms with Gasteiger partial charge in [0.1, 0.15) is 6.10 Å². The van der Waals surface area contributed by atoms with Gasteiger partial charge in [0.05, 0.1) is 11.9 Å². The average Bonchev–Trinajstić information content (AvgIpc) is 2.96. The number of benzene rings is 2. The van der Waals surface area contributed by atoms with Crippen LogP contribution in [-0.4, -0.2) is 47.2 Å². The molecule has 0 unspecified atom stereocenters. The quantitative estimate of drug-likeness (QED) is 0.150. The van der Waals surface area contributed by atoms with Crippen molar-refractivity contribution < 1.29 is 18.7 Å². The molecular formula is C37H60O4Si2. The molecule has 2 aromatic rings. The van der Waals surface area contributed by atoms with Crippen molar-refractivity contribution in [2.45, 2.75) is 135 Å². The molecule has 1 heterocycles. The maximum absolute atomic E-state index is 9.28. The standard InChI is InChI=1S/C37H60O4Si2/c1-29(2)42(30(3)4,31(5)6)41-34-27-32(19-13-12-18-25-38)40-33(28-34)24-26-39-43(37(7,8)9,35-20-14-10-15-21-35)36-22-16-11-17-23-36/h10-11,14-17,20-23,27,29-31,33-34,38H,12-13,18-19,24-26,28H2,1-9H3/t33-,34+/m1/s1. The lowest BCUT2D eigenvalue weighted by Crippen LogP contribution is -2.66. The normalized spacial score (nSPS) is 18.3.